The molecule has 0 radical (unpaired) electrons. The summed E-state index contributed by atoms with van der Waals surface area (Å²) >= 11 is 0. The van der Waals surface area contributed by atoms with E-state index in [1.54, 1.807) is 12.1 Å². The molecular formula is C14H18O2. The van der Waals surface area contributed by atoms with Crippen LogP contribution < -0.4 is 0 Å². The summed E-state index contributed by atoms with van der Waals surface area (Å²) in [6, 6.07) is 7.40. The molecule has 2 heteroatoms. The lowest BCUT2D eigenvalue weighted by Crippen LogP contribution is -2.24. The highest BCUT2D eigenvalue weighted by molar-refractivity contribution is 5.87. The SMILES string of the molecule is CC1(c2ccc(C(=O)O)cc2)CCCCC1. The largest absolute Gasteiger partial charge is 0.478 e. The van der Waals surface area contributed by atoms with Gasteiger partial charge in [-0.05, 0) is 36.0 Å². The van der Waals surface area contributed by atoms with Crippen LogP contribution in [-0.4, -0.2) is 11.1 Å². The second-order valence-electron chi connectivity index (χ2n) is 5.00. The monoisotopic (exact) mass is 218 g/mol. The fraction of sp³-hybridized carbons (Fsp3) is 0.500. The lowest BCUT2D eigenvalue weighted by atomic mass is 9.71. The number of carbonyl (C=O) groups is 1. The highest BCUT2D eigenvalue weighted by Gasteiger charge is 2.28. The zero-order valence-electron chi connectivity index (χ0n) is 9.70. The molecule has 1 saturated carbocycles. The van der Waals surface area contributed by atoms with E-state index in [0.717, 1.165) is 0 Å². The molecule has 86 valence electrons. The average Bonchev–Trinajstić information content (AvgIpc) is 2.30. The summed E-state index contributed by atoms with van der Waals surface area (Å²) in [6.07, 6.45) is 6.36. The summed E-state index contributed by atoms with van der Waals surface area (Å²) < 4.78 is 0. The Morgan fingerprint density at radius 3 is 2.19 bits per heavy atom. The number of benzene rings is 1. The molecule has 1 N–H and O–H groups in total. The molecule has 1 aromatic rings. The number of carboxylic acid groups (broad SMARTS) is 1. The normalized spacial score (nSPS) is 19.3. The molecule has 0 aromatic heterocycles. The van der Waals surface area contributed by atoms with Crippen LogP contribution in [0.15, 0.2) is 24.3 Å². The Bertz CT molecular complexity index is 372. The van der Waals surface area contributed by atoms with Crippen molar-refractivity contribution in [1.29, 1.82) is 0 Å². The Morgan fingerprint density at radius 2 is 1.69 bits per heavy atom. The van der Waals surface area contributed by atoms with Crippen molar-refractivity contribution in [2.24, 2.45) is 0 Å². The van der Waals surface area contributed by atoms with Crippen molar-refractivity contribution >= 4 is 5.97 Å². The smallest absolute Gasteiger partial charge is 0.335 e. The van der Waals surface area contributed by atoms with Gasteiger partial charge in [0.15, 0.2) is 0 Å². The van der Waals surface area contributed by atoms with E-state index < -0.39 is 5.97 Å². The van der Waals surface area contributed by atoms with Gasteiger partial charge in [0.1, 0.15) is 0 Å². The summed E-state index contributed by atoms with van der Waals surface area (Å²) in [5.41, 5.74) is 1.93. The van der Waals surface area contributed by atoms with Crippen LogP contribution in [0.25, 0.3) is 0 Å². The number of carboxylic acids is 1. The van der Waals surface area contributed by atoms with Gasteiger partial charge in [0.05, 0.1) is 5.56 Å². The first-order chi connectivity index (χ1) is 7.62. The molecule has 16 heavy (non-hydrogen) atoms. The van der Waals surface area contributed by atoms with Gasteiger partial charge in [0.25, 0.3) is 0 Å². The van der Waals surface area contributed by atoms with Crippen LogP contribution in [0.5, 0.6) is 0 Å². The molecule has 1 aliphatic rings. The van der Waals surface area contributed by atoms with E-state index in [9.17, 15) is 4.79 Å². The molecule has 1 aliphatic carbocycles. The van der Waals surface area contributed by atoms with Crippen molar-refractivity contribution in [3.05, 3.63) is 35.4 Å². The van der Waals surface area contributed by atoms with Crippen LogP contribution in [0.4, 0.5) is 0 Å². The van der Waals surface area contributed by atoms with Crippen LogP contribution in [0.3, 0.4) is 0 Å². The second kappa shape index (κ2) is 4.28. The van der Waals surface area contributed by atoms with E-state index >= 15 is 0 Å². The molecule has 0 saturated heterocycles. The van der Waals surface area contributed by atoms with Crippen molar-refractivity contribution in [2.45, 2.75) is 44.4 Å². The van der Waals surface area contributed by atoms with Crippen LogP contribution in [-0.2, 0) is 5.41 Å². The Morgan fingerprint density at radius 1 is 1.12 bits per heavy atom. The molecule has 2 rings (SSSR count). The molecular weight excluding hydrogens is 200 g/mol. The molecule has 1 aromatic carbocycles. The van der Waals surface area contributed by atoms with Crippen molar-refractivity contribution in [2.75, 3.05) is 0 Å². The van der Waals surface area contributed by atoms with Gasteiger partial charge in [-0.2, -0.15) is 0 Å². The highest BCUT2D eigenvalue weighted by atomic mass is 16.4. The lowest BCUT2D eigenvalue weighted by Gasteiger charge is -2.34. The van der Waals surface area contributed by atoms with E-state index in [1.165, 1.54) is 37.7 Å². The second-order valence-corrected chi connectivity index (χ2v) is 5.00. The lowest BCUT2D eigenvalue weighted by molar-refractivity contribution is 0.0697. The highest BCUT2D eigenvalue weighted by Crippen LogP contribution is 2.38. The molecule has 0 bridgehead atoms. The molecule has 0 amide bonds. The Hall–Kier alpha value is -1.31. The first-order valence-corrected chi connectivity index (χ1v) is 5.96. The zero-order valence-corrected chi connectivity index (χ0v) is 9.70. The minimum atomic E-state index is -0.847. The van der Waals surface area contributed by atoms with Crippen LogP contribution >= 0.6 is 0 Å². The van der Waals surface area contributed by atoms with Crippen molar-refractivity contribution in [3.8, 4) is 0 Å². The van der Waals surface area contributed by atoms with Gasteiger partial charge in [-0.1, -0.05) is 38.3 Å². The first kappa shape index (κ1) is 11.2. The predicted octanol–water partition coefficient (Wildman–Crippen LogP) is 3.61. The number of hydrogen-bond donors (Lipinski definition) is 1. The summed E-state index contributed by atoms with van der Waals surface area (Å²) in [4.78, 5) is 10.8. The van der Waals surface area contributed by atoms with Crippen molar-refractivity contribution < 1.29 is 9.90 Å². The Labute approximate surface area is 96.3 Å². The van der Waals surface area contributed by atoms with Gasteiger partial charge in [-0.25, -0.2) is 4.79 Å². The van der Waals surface area contributed by atoms with Crippen LogP contribution in [0.2, 0.25) is 0 Å². The average molecular weight is 218 g/mol. The molecule has 0 aliphatic heterocycles. The molecule has 2 nitrogen and oxygen atoms in total. The van der Waals surface area contributed by atoms with E-state index in [1.807, 2.05) is 12.1 Å². The van der Waals surface area contributed by atoms with Gasteiger partial charge >= 0.3 is 5.97 Å². The number of aromatic carboxylic acids is 1. The van der Waals surface area contributed by atoms with Crippen LogP contribution in [0.1, 0.15) is 54.9 Å². The van der Waals surface area contributed by atoms with Gasteiger partial charge in [-0.3, -0.25) is 0 Å². The fourth-order valence-corrected chi connectivity index (χ4v) is 2.64. The maximum absolute atomic E-state index is 10.8. The minimum absolute atomic E-state index is 0.259. The van der Waals surface area contributed by atoms with Gasteiger partial charge in [0.2, 0.25) is 0 Å². The Balaban J connectivity index is 2.23. The molecule has 0 spiro atoms. The summed E-state index contributed by atoms with van der Waals surface area (Å²) in [5, 5.41) is 8.85. The molecule has 0 atom stereocenters. The first-order valence-electron chi connectivity index (χ1n) is 5.96. The maximum Gasteiger partial charge on any atom is 0.335 e. The van der Waals surface area contributed by atoms with E-state index in [-0.39, 0.29) is 5.41 Å². The summed E-state index contributed by atoms with van der Waals surface area (Å²) in [5.74, 6) is -0.847. The summed E-state index contributed by atoms with van der Waals surface area (Å²) in [7, 11) is 0. The Kier molecular flexibility index (Phi) is 2.99. The third-order valence-corrected chi connectivity index (χ3v) is 3.79. The van der Waals surface area contributed by atoms with Gasteiger partial charge in [0, 0.05) is 0 Å². The van der Waals surface area contributed by atoms with E-state index in [4.69, 9.17) is 5.11 Å². The van der Waals surface area contributed by atoms with Crippen LogP contribution in [0, 0.1) is 0 Å². The number of hydrogen-bond acceptors (Lipinski definition) is 1. The standard InChI is InChI=1S/C14H18O2/c1-14(9-3-2-4-10-14)12-7-5-11(6-8-12)13(15)16/h5-8H,2-4,9-10H2,1H3,(H,15,16). The third-order valence-electron chi connectivity index (χ3n) is 3.79. The molecule has 1 fully saturated rings. The zero-order chi connectivity index (χ0) is 11.6. The predicted molar refractivity (Wildman–Crippen MR) is 63.8 cm³/mol. The minimum Gasteiger partial charge on any atom is -0.478 e. The fourth-order valence-electron chi connectivity index (χ4n) is 2.64. The molecule has 0 unspecified atom stereocenters. The van der Waals surface area contributed by atoms with Gasteiger partial charge in [-0.15, -0.1) is 0 Å². The van der Waals surface area contributed by atoms with Gasteiger partial charge < -0.3 is 5.11 Å². The number of rotatable bonds is 2. The van der Waals surface area contributed by atoms with E-state index in [0.29, 0.717) is 5.56 Å². The summed E-state index contributed by atoms with van der Waals surface area (Å²) in [6.45, 7) is 2.29. The van der Waals surface area contributed by atoms with E-state index in [2.05, 4.69) is 6.92 Å². The van der Waals surface area contributed by atoms with Crippen molar-refractivity contribution in [1.82, 2.24) is 0 Å². The maximum atomic E-state index is 10.8. The third kappa shape index (κ3) is 2.11. The quantitative estimate of drug-likeness (QED) is 0.823. The van der Waals surface area contributed by atoms with Crippen molar-refractivity contribution in [3.63, 3.8) is 0 Å². The topological polar surface area (TPSA) is 37.3 Å². The molecule has 0 heterocycles.